The Balaban J connectivity index is 1.52. The molecule has 0 saturated heterocycles. The number of amides is 2. The van der Waals surface area contributed by atoms with Crippen LogP contribution in [0.15, 0.2) is 66.0 Å². The van der Waals surface area contributed by atoms with E-state index >= 15 is 0 Å². The Hall–Kier alpha value is -4.04. The van der Waals surface area contributed by atoms with E-state index in [0.29, 0.717) is 22.3 Å². The predicted molar refractivity (Wildman–Crippen MR) is 145 cm³/mol. The Labute approximate surface area is 220 Å². The molecule has 0 aliphatic carbocycles. The maximum Gasteiger partial charge on any atom is 0.253 e. The lowest BCUT2D eigenvalue weighted by atomic mass is 9.69. The predicted octanol–water partition coefficient (Wildman–Crippen LogP) is 6.12. The van der Waals surface area contributed by atoms with E-state index in [1.165, 1.54) is 11.3 Å². The molecule has 0 saturated carbocycles. The van der Waals surface area contributed by atoms with E-state index in [9.17, 15) is 9.59 Å². The van der Waals surface area contributed by atoms with E-state index in [-0.39, 0.29) is 17.7 Å². The van der Waals surface area contributed by atoms with Gasteiger partial charge in [0.25, 0.3) is 5.91 Å². The second kappa shape index (κ2) is 9.44. The second-order valence-electron chi connectivity index (χ2n) is 9.91. The molecule has 8 heteroatoms. The summed E-state index contributed by atoms with van der Waals surface area (Å²) in [5.74, 6) is 0.694. The van der Waals surface area contributed by atoms with Gasteiger partial charge in [-0.1, -0.05) is 50.2 Å². The van der Waals surface area contributed by atoms with E-state index in [1.807, 2.05) is 74.7 Å². The zero-order valence-electron chi connectivity index (χ0n) is 21.4. The van der Waals surface area contributed by atoms with Crippen molar-refractivity contribution in [1.29, 1.82) is 0 Å². The molecule has 1 atom stereocenters. The van der Waals surface area contributed by atoms with Crippen molar-refractivity contribution >= 4 is 28.3 Å². The first-order valence-electron chi connectivity index (χ1n) is 12.0. The topological polar surface area (TPSA) is 84.4 Å². The van der Waals surface area contributed by atoms with Crippen molar-refractivity contribution < 1.29 is 14.3 Å². The van der Waals surface area contributed by atoms with E-state index in [0.717, 1.165) is 28.1 Å². The number of benzene rings is 2. The van der Waals surface area contributed by atoms with Gasteiger partial charge < -0.3 is 15.0 Å². The number of aromatic nitrogens is 2. The number of anilines is 1. The SMILES string of the molecule is Cc1csc(NC(=O)C(C)(C)[C@H]2c3ccccc3Oc3nc(-c4ccc(C(=O)N(C)C)cc4)ccc32)n1. The zero-order chi connectivity index (χ0) is 26.3. The minimum absolute atomic E-state index is 0.0545. The summed E-state index contributed by atoms with van der Waals surface area (Å²) < 4.78 is 6.25. The number of carbonyl (C=O) groups excluding carboxylic acids is 2. The number of hydrogen-bond donors (Lipinski definition) is 1. The highest BCUT2D eigenvalue weighted by Crippen LogP contribution is 2.52. The van der Waals surface area contributed by atoms with Gasteiger partial charge in [-0.05, 0) is 31.2 Å². The van der Waals surface area contributed by atoms with Crippen LogP contribution < -0.4 is 10.1 Å². The van der Waals surface area contributed by atoms with Gasteiger partial charge in [0.1, 0.15) is 5.75 Å². The third-order valence-corrected chi connectivity index (χ3v) is 7.49. The smallest absolute Gasteiger partial charge is 0.253 e. The second-order valence-corrected chi connectivity index (χ2v) is 10.8. The number of aryl methyl sites for hydroxylation is 1. The molecule has 0 spiro atoms. The van der Waals surface area contributed by atoms with E-state index < -0.39 is 5.41 Å². The normalized spacial score (nSPS) is 14.2. The molecule has 1 N–H and O–H groups in total. The minimum Gasteiger partial charge on any atom is -0.438 e. The third-order valence-electron chi connectivity index (χ3n) is 6.62. The van der Waals surface area contributed by atoms with E-state index in [2.05, 4.69) is 10.3 Å². The number of nitrogens with one attached hydrogen (secondary N) is 1. The van der Waals surface area contributed by atoms with Crippen LogP contribution in [-0.2, 0) is 4.79 Å². The van der Waals surface area contributed by atoms with Gasteiger partial charge in [-0.3, -0.25) is 9.59 Å². The number of pyridine rings is 1. The number of ether oxygens (including phenoxy) is 1. The van der Waals surface area contributed by atoms with Crippen LogP contribution >= 0.6 is 11.3 Å². The fraction of sp³-hybridized carbons (Fsp3) is 0.241. The van der Waals surface area contributed by atoms with Gasteiger partial charge in [-0.25, -0.2) is 9.97 Å². The van der Waals surface area contributed by atoms with Gasteiger partial charge in [-0.15, -0.1) is 11.3 Å². The van der Waals surface area contributed by atoms with Crippen molar-refractivity contribution in [2.24, 2.45) is 5.41 Å². The Bertz CT molecular complexity index is 1490. The molecule has 7 nitrogen and oxygen atoms in total. The zero-order valence-corrected chi connectivity index (χ0v) is 22.2. The largest absolute Gasteiger partial charge is 0.438 e. The molecule has 2 aromatic heterocycles. The lowest BCUT2D eigenvalue weighted by Gasteiger charge is -2.37. The average Bonchev–Trinajstić information content (AvgIpc) is 3.30. The molecule has 188 valence electrons. The molecule has 2 amide bonds. The maximum absolute atomic E-state index is 13.5. The summed E-state index contributed by atoms with van der Waals surface area (Å²) in [6.07, 6.45) is 0. The first-order chi connectivity index (χ1) is 17.6. The van der Waals surface area contributed by atoms with Gasteiger partial charge in [0, 0.05) is 47.6 Å². The summed E-state index contributed by atoms with van der Waals surface area (Å²) in [4.78, 5) is 36.6. The van der Waals surface area contributed by atoms with Crippen molar-refractivity contribution in [3.05, 3.63) is 88.4 Å². The molecule has 2 aromatic carbocycles. The highest BCUT2D eigenvalue weighted by molar-refractivity contribution is 7.13. The molecule has 0 fully saturated rings. The quantitative estimate of drug-likeness (QED) is 0.348. The number of para-hydroxylation sites is 1. The minimum atomic E-state index is -0.828. The van der Waals surface area contributed by atoms with Crippen molar-refractivity contribution in [3.63, 3.8) is 0 Å². The average molecular weight is 513 g/mol. The molecular weight excluding hydrogens is 484 g/mol. The lowest BCUT2D eigenvalue weighted by molar-refractivity contribution is -0.124. The lowest BCUT2D eigenvalue weighted by Crippen LogP contribution is -2.38. The van der Waals surface area contributed by atoms with Crippen LogP contribution in [-0.4, -0.2) is 40.8 Å². The van der Waals surface area contributed by atoms with Gasteiger partial charge in [0.2, 0.25) is 11.8 Å². The highest BCUT2D eigenvalue weighted by atomic mass is 32.1. The number of carbonyl (C=O) groups is 2. The Kier molecular flexibility index (Phi) is 6.29. The summed E-state index contributed by atoms with van der Waals surface area (Å²) in [6, 6.07) is 19.0. The van der Waals surface area contributed by atoms with Crippen LogP contribution in [0, 0.1) is 12.3 Å². The van der Waals surface area contributed by atoms with Crippen molar-refractivity contribution in [3.8, 4) is 22.9 Å². The molecule has 4 aromatic rings. The van der Waals surface area contributed by atoms with Gasteiger partial charge in [-0.2, -0.15) is 0 Å². The molecule has 37 heavy (non-hydrogen) atoms. The number of thiazole rings is 1. The van der Waals surface area contributed by atoms with Crippen LogP contribution in [0.1, 0.15) is 46.9 Å². The maximum atomic E-state index is 13.5. The number of hydrogen-bond acceptors (Lipinski definition) is 6. The summed E-state index contributed by atoms with van der Waals surface area (Å²) >= 11 is 1.41. The number of rotatable bonds is 5. The molecule has 0 radical (unpaired) electrons. The first-order valence-corrected chi connectivity index (χ1v) is 12.9. The summed E-state index contributed by atoms with van der Waals surface area (Å²) in [7, 11) is 3.46. The van der Waals surface area contributed by atoms with Crippen molar-refractivity contribution in [1.82, 2.24) is 14.9 Å². The molecule has 0 unspecified atom stereocenters. The standard InChI is InChI=1S/C29H28N4O3S/c1-17-16-37-28(30-17)32-27(35)29(2,3)24-20-8-6-7-9-23(20)36-25-21(24)14-15-22(31-25)18-10-12-19(13-11-18)26(34)33(4)5/h6-16,24H,1-5H3,(H,30,32,35)/t24-/m0/s1. The Morgan fingerprint density at radius 3 is 2.38 bits per heavy atom. The summed E-state index contributed by atoms with van der Waals surface area (Å²) in [5, 5.41) is 5.49. The van der Waals surface area contributed by atoms with Gasteiger partial charge >= 0.3 is 0 Å². The molecule has 3 heterocycles. The van der Waals surface area contributed by atoms with Gasteiger partial charge in [0.05, 0.1) is 16.8 Å². The van der Waals surface area contributed by atoms with Crippen molar-refractivity contribution in [2.75, 3.05) is 19.4 Å². The van der Waals surface area contributed by atoms with Crippen LogP contribution in [0.25, 0.3) is 11.3 Å². The number of fused-ring (bicyclic) bond motifs is 2. The first kappa shape index (κ1) is 24.6. The molecule has 5 rings (SSSR count). The van der Waals surface area contributed by atoms with E-state index in [1.54, 1.807) is 31.1 Å². The molecular formula is C29H28N4O3S. The summed E-state index contributed by atoms with van der Waals surface area (Å²) in [5.41, 5.74) is 4.03. The van der Waals surface area contributed by atoms with E-state index in [4.69, 9.17) is 9.72 Å². The van der Waals surface area contributed by atoms with Crippen LogP contribution in [0.4, 0.5) is 5.13 Å². The molecule has 1 aliphatic rings. The summed E-state index contributed by atoms with van der Waals surface area (Å²) in [6.45, 7) is 5.78. The van der Waals surface area contributed by atoms with Gasteiger partial charge in [0.15, 0.2) is 5.13 Å². The highest BCUT2D eigenvalue weighted by Gasteiger charge is 2.44. The molecule has 0 bridgehead atoms. The number of nitrogens with zero attached hydrogens (tertiary/aromatic N) is 3. The van der Waals surface area contributed by atoms with Crippen molar-refractivity contribution in [2.45, 2.75) is 26.7 Å². The molecule has 1 aliphatic heterocycles. The van der Waals surface area contributed by atoms with Crippen LogP contribution in [0.5, 0.6) is 11.6 Å². The third kappa shape index (κ3) is 4.60. The monoisotopic (exact) mass is 512 g/mol. The van der Waals surface area contributed by atoms with Crippen LogP contribution in [0.2, 0.25) is 0 Å². The van der Waals surface area contributed by atoms with Crippen LogP contribution in [0.3, 0.4) is 0 Å². The fourth-order valence-corrected chi connectivity index (χ4v) is 5.30. The fourth-order valence-electron chi connectivity index (χ4n) is 4.62. The Morgan fingerprint density at radius 1 is 0.973 bits per heavy atom. The Morgan fingerprint density at radius 2 is 1.70 bits per heavy atom.